The number of anilines is 1. The van der Waals surface area contributed by atoms with Crippen molar-refractivity contribution < 1.29 is 22.7 Å². The molecule has 2 heterocycles. The molecular formula is C21H30N4O5S2. The molecule has 0 spiro atoms. The number of nitrogens with zero attached hydrogens (tertiary/aromatic N) is 2. The van der Waals surface area contributed by atoms with Crippen LogP contribution in [0.4, 0.5) is 5.13 Å². The summed E-state index contributed by atoms with van der Waals surface area (Å²) in [6, 6.07) is 3.45. The van der Waals surface area contributed by atoms with E-state index in [1.54, 1.807) is 19.9 Å². The smallest absolute Gasteiger partial charge is 0.244 e. The summed E-state index contributed by atoms with van der Waals surface area (Å²) in [7, 11) is -3.98. The minimum absolute atomic E-state index is 0.00863. The van der Waals surface area contributed by atoms with Crippen molar-refractivity contribution in [2.75, 3.05) is 18.5 Å². The first kappa shape index (κ1) is 24.4. The monoisotopic (exact) mass is 482 g/mol. The summed E-state index contributed by atoms with van der Waals surface area (Å²) in [5, 5.41) is 12.0. The van der Waals surface area contributed by atoms with Crippen molar-refractivity contribution in [3.8, 4) is 11.5 Å². The van der Waals surface area contributed by atoms with Crippen molar-refractivity contribution in [1.82, 2.24) is 14.9 Å². The Bertz CT molecular complexity index is 1020. The number of carbonyl (C=O) groups is 1. The minimum Gasteiger partial charge on any atom is -0.490 e. The van der Waals surface area contributed by atoms with Gasteiger partial charge >= 0.3 is 0 Å². The lowest BCUT2D eigenvalue weighted by Crippen LogP contribution is -2.47. The van der Waals surface area contributed by atoms with Gasteiger partial charge in [0, 0.05) is 18.9 Å². The van der Waals surface area contributed by atoms with E-state index in [1.807, 2.05) is 0 Å². The van der Waals surface area contributed by atoms with E-state index in [4.69, 9.17) is 9.47 Å². The van der Waals surface area contributed by atoms with Gasteiger partial charge in [0.15, 0.2) is 11.5 Å². The SMILES string of the molecule is CCCCCc1nnc(NC(=O)C(NS(=O)(=O)c2ccc3c(c2)OCCCO3)C(C)C)s1. The van der Waals surface area contributed by atoms with Gasteiger partial charge in [-0.2, -0.15) is 4.72 Å². The summed E-state index contributed by atoms with van der Waals surface area (Å²) < 4.78 is 39.7. The van der Waals surface area contributed by atoms with Crippen LogP contribution in [0.3, 0.4) is 0 Å². The molecule has 0 fully saturated rings. The maximum atomic E-state index is 13.0. The molecule has 0 saturated carbocycles. The Morgan fingerprint density at radius 2 is 1.91 bits per heavy atom. The van der Waals surface area contributed by atoms with Crippen LogP contribution in [0.1, 0.15) is 51.5 Å². The predicted molar refractivity (Wildman–Crippen MR) is 123 cm³/mol. The zero-order chi connectivity index (χ0) is 23.1. The molecule has 1 atom stereocenters. The molecule has 1 aliphatic heterocycles. The fourth-order valence-corrected chi connectivity index (χ4v) is 5.30. The molecule has 1 aromatic carbocycles. The number of rotatable bonds is 10. The molecule has 9 nitrogen and oxygen atoms in total. The van der Waals surface area contributed by atoms with Gasteiger partial charge in [0.2, 0.25) is 21.1 Å². The van der Waals surface area contributed by atoms with Crippen LogP contribution in [-0.4, -0.2) is 43.8 Å². The molecule has 176 valence electrons. The number of unbranched alkanes of at least 4 members (excludes halogenated alkanes) is 2. The van der Waals surface area contributed by atoms with Crippen molar-refractivity contribution in [3.05, 3.63) is 23.2 Å². The zero-order valence-electron chi connectivity index (χ0n) is 18.6. The molecule has 11 heteroatoms. The zero-order valence-corrected chi connectivity index (χ0v) is 20.2. The molecule has 0 saturated heterocycles. The van der Waals surface area contributed by atoms with Crippen LogP contribution in [0.5, 0.6) is 11.5 Å². The normalized spacial score (nSPS) is 14.8. The van der Waals surface area contributed by atoms with E-state index in [0.29, 0.717) is 29.8 Å². The summed E-state index contributed by atoms with van der Waals surface area (Å²) in [5.41, 5.74) is 0. The van der Waals surface area contributed by atoms with Crippen LogP contribution in [-0.2, 0) is 21.2 Å². The van der Waals surface area contributed by atoms with E-state index < -0.39 is 22.0 Å². The predicted octanol–water partition coefficient (Wildman–Crippen LogP) is 3.37. The molecule has 2 N–H and O–H groups in total. The van der Waals surface area contributed by atoms with E-state index in [2.05, 4.69) is 27.2 Å². The maximum Gasteiger partial charge on any atom is 0.244 e. The van der Waals surface area contributed by atoms with Crippen molar-refractivity contribution in [3.63, 3.8) is 0 Å². The quantitative estimate of drug-likeness (QED) is 0.498. The fraction of sp³-hybridized carbons (Fsp3) is 0.571. The van der Waals surface area contributed by atoms with E-state index in [0.717, 1.165) is 37.1 Å². The van der Waals surface area contributed by atoms with Gasteiger partial charge in [-0.05, 0) is 24.5 Å². The number of amides is 1. The van der Waals surface area contributed by atoms with Crippen LogP contribution in [0.15, 0.2) is 23.1 Å². The van der Waals surface area contributed by atoms with E-state index >= 15 is 0 Å². The largest absolute Gasteiger partial charge is 0.490 e. The highest BCUT2D eigenvalue weighted by Crippen LogP contribution is 2.32. The summed E-state index contributed by atoms with van der Waals surface area (Å²) in [6.07, 6.45) is 4.77. The van der Waals surface area contributed by atoms with Crippen LogP contribution in [0.25, 0.3) is 0 Å². The summed E-state index contributed by atoms with van der Waals surface area (Å²) in [5.74, 6) is 0.113. The number of hydrogen-bond donors (Lipinski definition) is 2. The third-order valence-electron chi connectivity index (χ3n) is 4.95. The first-order valence-electron chi connectivity index (χ1n) is 10.9. The number of nitrogens with one attached hydrogen (secondary N) is 2. The number of aromatic nitrogens is 2. The highest BCUT2D eigenvalue weighted by molar-refractivity contribution is 7.89. The molecule has 1 unspecified atom stereocenters. The second-order valence-corrected chi connectivity index (χ2v) is 10.7. The second-order valence-electron chi connectivity index (χ2n) is 7.95. The van der Waals surface area contributed by atoms with Gasteiger partial charge in [0.25, 0.3) is 0 Å². The van der Waals surface area contributed by atoms with Gasteiger partial charge in [-0.1, -0.05) is 44.9 Å². The molecule has 0 aliphatic carbocycles. The Morgan fingerprint density at radius 1 is 1.16 bits per heavy atom. The Hall–Kier alpha value is -2.24. The van der Waals surface area contributed by atoms with Gasteiger partial charge in [0.05, 0.1) is 18.1 Å². The van der Waals surface area contributed by atoms with E-state index in [1.165, 1.54) is 23.5 Å². The van der Waals surface area contributed by atoms with Gasteiger partial charge in [-0.25, -0.2) is 8.42 Å². The minimum atomic E-state index is -3.98. The van der Waals surface area contributed by atoms with E-state index in [9.17, 15) is 13.2 Å². The molecule has 1 aromatic heterocycles. The topological polar surface area (TPSA) is 120 Å². The third-order valence-corrected chi connectivity index (χ3v) is 7.29. The number of hydrogen-bond acceptors (Lipinski definition) is 8. The first-order valence-corrected chi connectivity index (χ1v) is 13.2. The summed E-state index contributed by atoms with van der Waals surface area (Å²) in [4.78, 5) is 12.9. The van der Waals surface area contributed by atoms with Gasteiger partial charge in [0.1, 0.15) is 11.0 Å². The Labute approximate surface area is 193 Å². The number of benzene rings is 1. The van der Waals surface area contributed by atoms with Gasteiger partial charge < -0.3 is 9.47 Å². The fourth-order valence-electron chi connectivity index (χ4n) is 3.15. The average Bonchev–Trinajstić information content (AvgIpc) is 3.05. The molecule has 0 bridgehead atoms. The highest BCUT2D eigenvalue weighted by Gasteiger charge is 2.30. The first-order chi connectivity index (χ1) is 15.3. The maximum absolute atomic E-state index is 13.0. The summed E-state index contributed by atoms with van der Waals surface area (Å²) in [6.45, 7) is 6.64. The number of ether oxygens (including phenoxy) is 2. The van der Waals surface area contributed by atoms with Crippen LogP contribution < -0.4 is 19.5 Å². The molecule has 0 radical (unpaired) electrons. The Balaban J connectivity index is 1.70. The van der Waals surface area contributed by atoms with Crippen molar-refractivity contribution in [2.24, 2.45) is 5.92 Å². The van der Waals surface area contributed by atoms with Crippen LogP contribution in [0.2, 0.25) is 0 Å². The molecular weight excluding hydrogens is 452 g/mol. The number of aryl methyl sites for hydroxylation is 1. The molecule has 1 amide bonds. The number of fused-ring (bicyclic) bond motifs is 1. The van der Waals surface area contributed by atoms with Crippen molar-refractivity contribution in [1.29, 1.82) is 0 Å². The molecule has 3 rings (SSSR count). The van der Waals surface area contributed by atoms with Crippen LogP contribution >= 0.6 is 11.3 Å². The Kier molecular flexibility index (Phi) is 8.44. The van der Waals surface area contributed by atoms with Crippen molar-refractivity contribution >= 4 is 32.4 Å². The molecule has 32 heavy (non-hydrogen) atoms. The molecule has 1 aliphatic rings. The number of sulfonamides is 1. The van der Waals surface area contributed by atoms with Gasteiger partial charge in [-0.3, -0.25) is 10.1 Å². The summed E-state index contributed by atoms with van der Waals surface area (Å²) >= 11 is 1.31. The average molecular weight is 483 g/mol. The lowest BCUT2D eigenvalue weighted by Gasteiger charge is -2.21. The Morgan fingerprint density at radius 3 is 2.62 bits per heavy atom. The van der Waals surface area contributed by atoms with Crippen molar-refractivity contribution in [2.45, 2.75) is 63.8 Å². The van der Waals surface area contributed by atoms with Gasteiger partial charge in [-0.15, -0.1) is 10.2 Å². The highest BCUT2D eigenvalue weighted by atomic mass is 32.2. The second kappa shape index (κ2) is 11.1. The molecule has 2 aromatic rings. The van der Waals surface area contributed by atoms with Crippen LogP contribution in [0, 0.1) is 5.92 Å². The standard InChI is InChI=1S/C21H30N4O5S2/c1-4-5-6-8-18-23-24-21(31-18)22-20(26)19(14(2)3)25-32(27,28)15-9-10-16-17(13-15)30-12-7-11-29-16/h9-10,13-14,19,25H,4-8,11-12H2,1-3H3,(H,22,24,26). The number of carbonyl (C=O) groups excluding carboxylic acids is 1. The third kappa shape index (κ3) is 6.39. The lowest BCUT2D eigenvalue weighted by atomic mass is 10.1. The van der Waals surface area contributed by atoms with E-state index in [-0.39, 0.29) is 10.8 Å². The lowest BCUT2D eigenvalue weighted by molar-refractivity contribution is -0.118.